The molecule has 1 aromatic carbocycles. The van der Waals surface area contributed by atoms with Crippen molar-refractivity contribution in [1.82, 2.24) is 4.90 Å². The maximum Gasteiger partial charge on any atom is 0.131 e. The number of rotatable bonds is 4. The lowest BCUT2D eigenvalue weighted by atomic mass is 9.96. The van der Waals surface area contributed by atoms with Crippen molar-refractivity contribution in [2.45, 2.75) is 25.9 Å². The van der Waals surface area contributed by atoms with Gasteiger partial charge in [0.15, 0.2) is 0 Å². The first kappa shape index (κ1) is 15.3. The Labute approximate surface area is 121 Å². The number of benzene rings is 1. The number of piperidine rings is 1. The highest BCUT2D eigenvalue weighted by molar-refractivity contribution is 5.54. The molecule has 1 N–H and O–H groups in total. The van der Waals surface area contributed by atoms with Crippen LogP contribution in [0.4, 0.5) is 10.1 Å². The molecule has 2 rings (SSSR count). The number of likely N-dealkylation sites (tertiary alicyclic amines) is 1. The van der Waals surface area contributed by atoms with Crippen molar-refractivity contribution in [3.05, 3.63) is 29.6 Å². The van der Waals surface area contributed by atoms with Crippen LogP contribution in [0.1, 0.15) is 31.4 Å². The van der Waals surface area contributed by atoms with Gasteiger partial charge in [0.25, 0.3) is 0 Å². The number of hydrogen-bond donors (Lipinski definition) is 1. The lowest BCUT2D eigenvalue weighted by molar-refractivity contribution is 0.194. The van der Waals surface area contributed by atoms with Crippen LogP contribution in [-0.2, 0) is 0 Å². The summed E-state index contributed by atoms with van der Waals surface area (Å²) >= 11 is 0. The van der Waals surface area contributed by atoms with E-state index in [9.17, 15) is 9.50 Å². The molecule has 0 bridgehead atoms. The van der Waals surface area contributed by atoms with Crippen LogP contribution in [0.5, 0.6) is 0 Å². The fourth-order valence-electron chi connectivity index (χ4n) is 3.00. The van der Waals surface area contributed by atoms with Gasteiger partial charge in [-0.3, -0.25) is 0 Å². The topological polar surface area (TPSA) is 26.7 Å². The summed E-state index contributed by atoms with van der Waals surface area (Å²) in [5.41, 5.74) is 1.21. The molecule has 0 aliphatic carbocycles. The van der Waals surface area contributed by atoms with Crippen molar-refractivity contribution in [2.24, 2.45) is 5.92 Å². The molecule has 0 unspecified atom stereocenters. The molecule has 112 valence electrons. The van der Waals surface area contributed by atoms with Crippen molar-refractivity contribution in [1.29, 1.82) is 0 Å². The van der Waals surface area contributed by atoms with Crippen LogP contribution in [0.2, 0.25) is 0 Å². The highest BCUT2D eigenvalue weighted by Gasteiger charge is 2.21. The molecular formula is C16H25FN2O. The first-order valence-corrected chi connectivity index (χ1v) is 7.35. The molecule has 0 spiro atoms. The van der Waals surface area contributed by atoms with Gasteiger partial charge in [-0.05, 0) is 58.0 Å². The summed E-state index contributed by atoms with van der Waals surface area (Å²) in [6.07, 6.45) is 1.58. The Balaban J connectivity index is 2.09. The number of anilines is 1. The second-order valence-corrected chi connectivity index (χ2v) is 5.98. The Morgan fingerprint density at radius 3 is 2.65 bits per heavy atom. The van der Waals surface area contributed by atoms with E-state index in [0.29, 0.717) is 11.5 Å². The van der Waals surface area contributed by atoms with Gasteiger partial charge < -0.3 is 14.9 Å². The molecule has 1 saturated heterocycles. The number of nitrogens with zero attached hydrogens (tertiary/aromatic N) is 2. The van der Waals surface area contributed by atoms with Crippen LogP contribution in [0.25, 0.3) is 0 Å². The molecular weight excluding hydrogens is 255 g/mol. The number of aliphatic hydroxyl groups excluding tert-OH is 1. The van der Waals surface area contributed by atoms with E-state index in [1.807, 2.05) is 13.1 Å². The molecule has 1 aromatic rings. The average molecular weight is 280 g/mol. The Morgan fingerprint density at radius 1 is 1.40 bits per heavy atom. The Bertz CT molecular complexity index is 442. The Kier molecular flexibility index (Phi) is 5.00. The van der Waals surface area contributed by atoms with Crippen molar-refractivity contribution >= 4 is 5.69 Å². The monoisotopic (exact) mass is 280 g/mol. The highest BCUT2D eigenvalue weighted by Crippen LogP contribution is 2.29. The first-order valence-electron chi connectivity index (χ1n) is 7.35. The fraction of sp³-hybridized carbons (Fsp3) is 0.625. The molecule has 1 heterocycles. The predicted octanol–water partition coefficient (Wildman–Crippen LogP) is 2.66. The van der Waals surface area contributed by atoms with Crippen molar-refractivity contribution in [3.8, 4) is 0 Å². The number of hydrogen-bond acceptors (Lipinski definition) is 3. The van der Waals surface area contributed by atoms with Gasteiger partial charge in [-0.25, -0.2) is 4.39 Å². The molecule has 1 atom stereocenters. The van der Waals surface area contributed by atoms with Crippen LogP contribution in [-0.4, -0.2) is 43.7 Å². The Hall–Kier alpha value is -1.13. The zero-order valence-electron chi connectivity index (χ0n) is 12.6. The van der Waals surface area contributed by atoms with Gasteiger partial charge >= 0.3 is 0 Å². The molecule has 3 nitrogen and oxygen atoms in total. The summed E-state index contributed by atoms with van der Waals surface area (Å²) in [4.78, 5) is 4.43. The molecule has 4 heteroatoms. The normalized spacial score (nSPS) is 19.1. The summed E-state index contributed by atoms with van der Waals surface area (Å²) in [7, 11) is 4.14. The minimum atomic E-state index is -0.786. The van der Waals surface area contributed by atoms with Crippen LogP contribution in [0, 0.1) is 11.7 Å². The molecule has 1 aliphatic rings. The lowest BCUT2D eigenvalue weighted by Gasteiger charge is -2.33. The number of aliphatic hydroxyl groups is 1. The standard InChI is InChI=1S/C16H25FN2O/c1-12(20)16-14(17)5-4-6-15(16)19(3)11-13-7-9-18(2)10-8-13/h4-6,12-13,20H,7-11H2,1-3H3/t12-/m0/s1. The second-order valence-electron chi connectivity index (χ2n) is 5.98. The van der Waals surface area contributed by atoms with Crippen LogP contribution >= 0.6 is 0 Å². The summed E-state index contributed by atoms with van der Waals surface area (Å²) in [5, 5.41) is 9.80. The van der Waals surface area contributed by atoms with E-state index in [1.54, 1.807) is 13.0 Å². The van der Waals surface area contributed by atoms with Gasteiger partial charge in [0, 0.05) is 24.8 Å². The largest absolute Gasteiger partial charge is 0.389 e. The van der Waals surface area contributed by atoms with Gasteiger partial charge in [-0.2, -0.15) is 0 Å². The predicted molar refractivity (Wildman–Crippen MR) is 80.5 cm³/mol. The Morgan fingerprint density at radius 2 is 2.05 bits per heavy atom. The third-order valence-corrected chi connectivity index (χ3v) is 4.23. The number of halogens is 1. The van der Waals surface area contributed by atoms with E-state index in [1.165, 1.54) is 18.9 Å². The van der Waals surface area contributed by atoms with Crippen molar-refractivity contribution in [3.63, 3.8) is 0 Å². The quantitative estimate of drug-likeness (QED) is 0.918. The third kappa shape index (κ3) is 3.49. The zero-order chi connectivity index (χ0) is 14.7. The highest BCUT2D eigenvalue weighted by atomic mass is 19.1. The summed E-state index contributed by atoms with van der Waals surface area (Å²) < 4.78 is 13.9. The van der Waals surface area contributed by atoms with Crippen LogP contribution in [0.3, 0.4) is 0 Å². The lowest BCUT2D eigenvalue weighted by Crippen LogP contribution is -2.36. The van der Waals surface area contributed by atoms with Crippen LogP contribution in [0.15, 0.2) is 18.2 Å². The van der Waals surface area contributed by atoms with Gasteiger partial charge in [0.2, 0.25) is 0 Å². The maximum absolute atomic E-state index is 13.9. The van der Waals surface area contributed by atoms with Gasteiger partial charge in [0.1, 0.15) is 5.82 Å². The average Bonchev–Trinajstić information content (AvgIpc) is 2.40. The molecule has 1 fully saturated rings. The SMILES string of the molecule is C[C@H](O)c1c(F)cccc1N(C)CC1CCN(C)CC1. The molecule has 0 saturated carbocycles. The summed E-state index contributed by atoms with van der Waals surface area (Å²) in [6.45, 7) is 4.79. The maximum atomic E-state index is 13.9. The minimum Gasteiger partial charge on any atom is -0.389 e. The smallest absolute Gasteiger partial charge is 0.131 e. The molecule has 1 aliphatic heterocycles. The molecule has 0 radical (unpaired) electrons. The summed E-state index contributed by atoms with van der Waals surface area (Å²) in [5.74, 6) is 0.314. The second kappa shape index (κ2) is 6.55. The molecule has 0 aromatic heterocycles. The van der Waals surface area contributed by atoms with Crippen LogP contribution < -0.4 is 4.90 Å². The van der Waals surface area contributed by atoms with E-state index in [0.717, 1.165) is 25.3 Å². The van der Waals surface area contributed by atoms with Crippen molar-refractivity contribution < 1.29 is 9.50 Å². The van der Waals surface area contributed by atoms with Gasteiger partial charge in [-0.15, -0.1) is 0 Å². The first-order chi connectivity index (χ1) is 9.49. The molecule has 0 amide bonds. The van der Waals surface area contributed by atoms with E-state index in [4.69, 9.17) is 0 Å². The van der Waals surface area contributed by atoms with E-state index >= 15 is 0 Å². The fourth-order valence-corrected chi connectivity index (χ4v) is 3.00. The summed E-state index contributed by atoms with van der Waals surface area (Å²) in [6, 6.07) is 5.01. The van der Waals surface area contributed by atoms with E-state index < -0.39 is 6.10 Å². The van der Waals surface area contributed by atoms with E-state index in [-0.39, 0.29) is 5.82 Å². The van der Waals surface area contributed by atoms with Gasteiger partial charge in [0.05, 0.1) is 6.10 Å². The minimum absolute atomic E-state index is 0.326. The van der Waals surface area contributed by atoms with Crippen molar-refractivity contribution in [2.75, 3.05) is 38.6 Å². The van der Waals surface area contributed by atoms with E-state index in [2.05, 4.69) is 16.8 Å². The van der Waals surface area contributed by atoms with Gasteiger partial charge in [-0.1, -0.05) is 6.07 Å². The zero-order valence-corrected chi connectivity index (χ0v) is 12.6. The molecule has 20 heavy (non-hydrogen) atoms. The third-order valence-electron chi connectivity index (χ3n) is 4.23.